The van der Waals surface area contributed by atoms with Gasteiger partial charge in [0.15, 0.2) is 0 Å². The first kappa shape index (κ1) is 23.8. The van der Waals surface area contributed by atoms with E-state index < -0.39 is 21.4 Å². The zero-order valence-electron chi connectivity index (χ0n) is 19.0. The van der Waals surface area contributed by atoms with Crippen LogP contribution in [0.2, 0.25) is 0 Å². The summed E-state index contributed by atoms with van der Waals surface area (Å²) in [4.78, 5) is 29.0. The number of anilines is 1. The van der Waals surface area contributed by atoms with E-state index >= 15 is 0 Å². The average molecular weight is 480 g/mol. The highest BCUT2D eigenvalue weighted by Crippen LogP contribution is 2.25. The SMILES string of the molecule is C=CCN(c1ccccc1)S(=O)(=O)c1ccc2[nH]cc(C(=O)NC3CCCCCC3)c(=O)c2c1. The number of nitrogens with one attached hydrogen (secondary N) is 2. The molecule has 1 aliphatic carbocycles. The van der Waals surface area contributed by atoms with E-state index in [0.29, 0.717) is 11.2 Å². The zero-order chi connectivity index (χ0) is 24.1. The van der Waals surface area contributed by atoms with Gasteiger partial charge in [-0.15, -0.1) is 6.58 Å². The second-order valence-electron chi connectivity index (χ2n) is 8.56. The molecule has 1 aromatic heterocycles. The number of aromatic nitrogens is 1. The lowest BCUT2D eigenvalue weighted by Gasteiger charge is -2.23. The molecule has 1 fully saturated rings. The van der Waals surface area contributed by atoms with Crippen molar-refractivity contribution in [2.24, 2.45) is 0 Å². The summed E-state index contributed by atoms with van der Waals surface area (Å²) in [5, 5.41) is 3.14. The number of fused-ring (bicyclic) bond motifs is 1. The number of carbonyl (C=O) groups excluding carboxylic acids is 1. The van der Waals surface area contributed by atoms with Gasteiger partial charge in [0, 0.05) is 23.1 Å². The lowest BCUT2D eigenvalue weighted by atomic mass is 10.1. The molecule has 7 nitrogen and oxygen atoms in total. The largest absolute Gasteiger partial charge is 0.360 e. The van der Waals surface area contributed by atoms with Crippen molar-refractivity contribution in [1.82, 2.24) is 10.3 Å². The van der Waals surface area contributed by atoms with E-state index in [1.54, 1.807) is 36.4 Å². The van der Waals surface area contributed by atoms with Gasteiger partial charge in [-0.1, -0.05) is 50.0 Å². The smallest absolute Gasteiger partial charge is 0.264 e. The highest BCUT2D eigenvalue weighted by Gasteiger charge is 2.25. The third-order valence-corrected chi connectivity index (χ3v) is 8.00. The number of hydrogen-bond acceptors (Lipinski definition) is 4. The molecule has 0 atom stereocenters. The van der Waals surface area contributed by atoms with Crippen molar-refractivity contribution in [2.45, 2.75) is 49.5 Å². The number of H-pyrrole nitrogens is 1. The first-order chi connectivity index (χ1) is 16.4. The van der Waals surface area contributed by atoms with Crippen molar-refractivity contribution in [3.63, 3.8) is 0 Å². The van der Waals surface area contributed by atoms with Crippen LogP contribution >= 0.6 is 0 Å². The van der Waals surface area contributed by atoms with Gasteiger partial charge in [0.1, 0.15) is 5.56 Å². The molecule has 0 spiro atoms. The van der Waals surface area contributed by atoms with E-state index in [4.69, 9.17) is 0 Å². The molecule has 1 amide bonds. The van der Waals surface area contributed by atoms with Crippen LogP contribution in [-0.4, -0.2) is 31.9 Å². The van der Waals surface area contributed by atoms with Gasteiger partial charge in [-0.2, -0.15) is 0 Å². The molecule has 8 heteroatoms. The summed E-state index contributed by atoms with van der Waals surface area (Å²) in [5.41, 5.74) is 0.446. The fourth-order valence-electron chi connectivity index (χ4n) is 4.39. The molecule has 0 saturated heterocycles. The van der Waals surface area contributed by atoms with Gasteiger partial charge in [0.2, 0.25) is 5.43 Å². The number of aromatic amines is 1. The summed E-state index contributed by atoms with van der Waals surface area (Å²) in [7, 11) is -3.98. The van der Waals surface area contributed by atoms with Gasteiger partial charge >= 0.3 is 0 Å². The van der Waals surface area contributed by atoms with Crippen molar-refractivity contribution in [3.05, 3.63) is 83.2 Å². The predicted octanol–water partition coefficient (Wildman–Crippen LogP) is 4.36. The third kappa shape index (κ3) is 4.92. The van der Waals surface area contributed by atoms with Crippen LogP contribution in [-0.2, 0) is 10.0 Å². The van der Waals surface area contributed by atoms with Crippen molar-refractivity contribution in [3.8, 4) is 0 Å². The molecule has 34 heavy (non-hydrogen) atoms. The molecule has 1 aliphatic rings. The van der Waals surface area contributed by atoms with Crippen LogP contribution in [0.5, 0.6) is 0 Å². The minimum atomic E-state index is -3.98. The van der Waals surface area contributed by atoms with Gasteiger partial charge in [-0.3, -0.25) is 13.9 Å². The Hall–Kier alpha value is -3.39. The Labute approximate surface area is 199 Å². The first-order valence-electron chi connectivity index (χ1n) is 11.6. The quantitative estimate of drug-likeness (QED) is 0.388. The van der Waals surface area contributed by atoms with Crippen molar-refractivity contribution < 1.29 is 13.2 Å². The predicted molar refractivity (Wildman–Crippen MR) is 135 cm³/mol. The average Bonchev–Trinajstić information content (AvgIpc) is 3.11. The molecule has 0 aliphatic heterocycles. The number of rotatable bonds is 7. The Morgan fingerprint density at radius 3 is 2.47 bits per heavy atom. The fraction of sp³-hybridized carbons (Fsp3) is 0.308. The van der Waals surface area contributed by atoms with E-state index in [-0.39, 0.29) is 28.4 Å². The Morgan fingerprint density at radius 1 is 1.09 bits per heavy atom. The molecule has 3 aromatic rings. The molecule has 1 heterocycles. The second kappa shape index (κ2) is 10.3. The summed E-state index contributed by atoms with van der Waals surface area (Å²) >= 11 is 0. The lowest BCUT2D eigenvalue weighted by Crippen LogP contribution is -2.37. The van der Waals surface area contributed by atoms with Crippen LogP contribution in [0.1, 0.15) is 48.9 Å². The van der Waals surface area contributed by atoms with Crippen LogP contribution < -0.4 is 15.1 Å². The van der Waals surface area contributed by atoms with E-state index in [0.717, 1.165) is 38.5 Å². The standard InChI is InChI=1S/C26H29N3O4S/c1-2-16-29(20-12-8-5-9-13-20)34(32,33)21-14-15-24-22(17-21)25(30)23(18-27-24)26(31)28-19-10-6-3-4-7-11-19/h2,5,8-9,12-15,17-19H,1,3-4,6-7,10-11,16H2,(H,27,30)(H,28,31). The van der Waals surface area contributed by atoms with Crippen LogP contribution in [0.15, 0.2) is 77.1 Å². The van der Waals surface area contributed by atoms with E-state index in [2.05, 4.69) is 16.9 Å². The molecule has 1 saturated carbocycles. The number of para-hydroxylation sites is 1. The maximum absolute atomic E-state index is 13.5. The molecular formula is C26H29N3O4S. The van der Waals surface area contributed by atoms with Gasteiger partial charge in [-0.05, 0) is 43.2 Å². The van der Waals surface area contributed by atoms with E-state index in [9.17, 15) is 18.0 Å². The monoisotopic (exact) mass is 479 g/mol. The minimum Gasteiger partial charge on any atom is -0.360 e. The molecule has 0 radical (unpaired) electrons. The normalized spacial score (nSPS) is 14.9. The topological polar surface area (TPSA) is 99.3 Å². The number of carbonyl (C=O) groups is 1. The maximum Gasteiger partial charge on any atom is 0.264 e. The van der Waals surface area contributed by atoms with Crippen LogP contribution in [0, 0.1) is 0 Å². The second-order valence-corrected chi connectivity index (χ2v) is 10.4. The molecule has 178 valence electrons. The molecule has 0 bridgehead atoms. The summed E-state index contributed by atoms with van der Waals surface area (Å²) in [6.45, 7) is 3.75. The van der Waals surface area contributed by atoms with E-state index in [1.807, 2.05) is 0 Å². The van der Waals surface area contributed by atoms with Crippen molar-refractivity contribution in [1.29, 1.82) is 0 Å². The molecular weight excluding hydrogens is 450 g/mol. The summed E-state index contributed by atoms with van der Waals surface area (Å²) < 4.78 is 28.2. The number of pyridine rings is 1. The molecule has 2 N–H and O–H groups in total. The molecule has 4 rings (SSSR count). The highest BCUT2D eigenvalue weighted by molar-refractivity contribution is 7.92. The first-order valence-corrected chi connectivity index (χ1v) is 13.0. The number of sulfonamides is 1. The summed E-state index contributed by atoms with van der Waals surface area (Å²) in [6.07, 6.45) is 9.15. The van der Waals surface area contributed by atoms with Crippen molar-refractivity contribution >= 4 is 32.5 Å². The Balaban J connectivity index is 1.70. The van der Waals surface area contributed by atoms with Crippen LogP contribution in [0.25, 0.3) is 10.9 Å². The number of benzene rings is 2. The molecule has 2 aromatic carbocycles. The summed E-state index contributed by atoms with van der Waals surface area (Å²) in [5.74, 6) is -0.430. The summed E-state index contributed by atoms with van der Waals surface area (Å²) in [6, 6.07) is 13.1. The van der Waals surface area contributed by atoms with Gasteiger partial charge in [0.25, 0.3) is 15.9 Å². The third-order valence-electron chi connectivity index (χ3n) is 6.21. The van der Waals surface area contributed by atoms with Gasteiger partial charge in [0.05, 0.1) is 17.1 Å². The number of amides is 1. The Morgan fingerprint density at radius 2 is 1.79 bits per heavy atom. The van der Waals surface area contributed by atoms with Crippen molar-refractivity contribution in [2.75, 3.05) is 10.8 Å². The zero-order valence-corrected chi connectivity index (χ0v) is 19.8. The minimum absolute atomic E-state index is 0.0164. The Kier molecular flexibility index (Phi) is 7.17. The lowest BCUT2D eigenvalue weighted by molar-refractivity contribution is 0.0932. The molecule has 0 unspecified atom stereocenters. The maximum atomic E-state index is 13.5. The van der Waals surface area contributed by atoms with Gasteiger partial charge in [-0.25, -0.2) is 8.42 Å². The number of hydrogen-bond donors (Lipinski definition) is 2. The van der Waals surface area contributed by atoms with E-state index in [1.165, 1.54) is 28.7 Å². The van der Waals surface area contributed by atoms with Crippen LogP contribution in [0.3, 0.4) is 0 Å². The number of nitrogens with zero attached hydrogens (tertiary/aromatic N) is 1. The fourth-order valence-corrected chi connectivity index (χ4v) is 5.86. The Bertz CT molecular complexity index is 1340. The highest BCUT2D eigenvalue weighted by atomic mass is 32.2. The van der Waals surface area contributed by atoms with Crippen LogP contribution in [0.4, 0.5) is 5.69 Å². The van der Waals surface area contributed by atoms with Gasteiger partial charge < -0.3 is 10.3 Å².